The molecule has 126 valence electrons. The molecular weight excluding hydrogens is 310 g/mol. The maximum atomic E-state index is 12.2. The zero-order chi connectivity index (χ0) is 16.6. The van der Waals surface area contributed by atoms with Gasteiger partial charge in [-0.1, -0.05) is 18.2 Å². The van der Waals surface area contributed by atoms with Crippen molar-refractivity contribution in [2.75, 3.05) is 27.2 Å². The van der Waals surface area contributed by atoms with Crippen molar-refractivity contribution in [1.82, 2.24) is 13.6 Å². The highest BCUT2D eigenvalue weighted by Gasteiger charge is 2.29. The Morgan fingerprint density at radius 1 is 1.22 bits per heavy atom. The lowest BCUT2D eigenvalue weighted by molar-refractivity contribution is 0.262. The fraction of sp³-hybridized carbons (Fsp3) is 0.529. The van der Waals surface area contributed by atoms with E-state index in [1.165, 1.54) is 26.5 Å². The van der Waals surface area contributed by atoms with E-state index in [1.54, 1.807) is 18.4 Å². The van der Waals surface area contributed by atoms with Gasteiger partial charge in [0, 0.05) is 43.8 Å². The average molecular weight is 335 g/mol. The highest BCUT2D eigenvalue weighted by molar-refractivity contribution is 7.86. The van der Waals surface area contributed by atoms with Crippen molar-refractivity contribution >= 4 is 21.1 Å². The highest BCUT2D eigenvalue weighted by Crippen LogP contribution is 2.29. The number of benzene rings is 1. The van der Waals surface area contributed by atoms with Crippen LogP contribution in [0, 0.1) is 12.8 Å². The van der Waals surface area contributed by atoms with Crippen LogP contribution in [0.3, 0.4) is 0 Å². The molecule has 6 heteroatoms. The number of hydrogen-bond donors (Lipinski definition) is 1. The fourth-order valence-electron chi connectivity index (χ4n) is 3.46. The van der Waals surface area contributed by atoms with E-state index in [-0.39, 0.29) is 0 Å². The maximum Gasteiger partial charge on any atom is 0.281 e. The Bertz CT molecular complexity index is 787. The van der Waals surface area contributed by atoms with Crippen LogP contribution < -0.4 is 0 Å². The van der Waals surface area contributed by atoms with E-state index < -0.39 is 10.2 Å². The van der Waals surface area contributed by atoms with Crippen molar-refractivity contribution in [1.29, 1.82) is 0 Å². The number of piperidine rings is 1. The second-order valence-corrected chi connectivity index (χ2v) is 8.75. The van der Waals surface area contributed by atoms with Crippen molar-refractivity contribution in [3.63, 3.8) is 0 Å². The molecule has 1 N–H and O–H groups in total. The van der Waals surface area contributed by atoms with Gasteiger partial charge in [-0.05, 0) is 43.7 Å². The van der Waals surface area contributed by atoms with Gasteiger partial charge < -0.3 is 4.98 Å². The smallest absolute Gasteiger partial charge is 0.281 e. The number of nitrogens with one attached hydrogen (secondary N) is 1. The lowest BCUT2D eigenvalue weighted by Crippen LogP contribution is -2.44. The molecule has 1 aliphatic heterocycles. The summed E-state index contributed by atoms with van der Waals surface area (Å²) in [6, 6.07) is 8.40. The summed E-state index contributed by atoms with van der Waals surface area (Å²) in [6.07, 6.45) is 2.86. The molecule has 0 atom stereocenters. The first kappa shape index (κ1) is 16.5. The Hall–Kier alpha value is -1.37. The molecule has 2 aromatic rings. The van der Waals surface area contributed by atoms with Crippen molar-refractivity contribution < 1.29 is 8.42 Å². The van der Waals surface area contributed by atoms with Crippen molar-refractivity contribution in [2.45, 2.75) is 26.2 Å². The van der Waals surface area contributed by atoms with Crippen LogP contribution in [0.15, 0.2) is 24.3 Å². The predicted octanol–water partition coefficient (Wildman–Crippen LogP) is 2.54. The number of H-pyrrole nitrogens is 1. The molecule has 1 saturated heterocycles. The third-order valence-corrected chi connectivity index (χ3v) is 6.82. The third kappa shape index (κ3) is 3.16. The molecule has 3 rings (SSSR count). The molecule has 0 spiro atoms. The van der Waals surface area contributed by atoms with Crippen LogP contribution in [-0.2, 0) is 16.6 Å². The van der Waals surface area contributed by atoms with E-state index >= 15 is 0 Å². The van der Waals surface area contributed by atoms with E-state index in [0.29, 0.717) is 19.0 Å². The van der Waals surface area contributed by atoms with Gasteiger partial charge in [-0.2, -0.15) is 17.0 Å². The Morgan fingerprint density at radius 2 is 1.87 bits per heavy atom. The number of aromatic amines is 1. The topological polar surface area (TPSA) is 56.4 Å². The predicted molar refractivity (Wildman–Crippen MR) is 93.6 cm³/mol. The Balaban J connectivity index is 1.70. The summed E-state index contributed by atoms with van der Waals surface area (Å²) in [6.45, 7) is 3.36. The van der Waals surface area contributed by atoms with Gasteiger partial charge in [0.15, 0.2) is 0 Å². The quantitative estimate of drug-likeness (QED) is 0.933. The van der Waals surface area contributed by atoms with Crippen LogP contribution in [-0.4, -0.2) is 49.2 Å². The van der Waals surface area contributed by atoms with Crippen LogP contribution in [0.4, 0.5) is 0 Å². The van der Waals surface area contributed by atoms with Crippen LogP contribution in [0.2, 0.25) is 0 Å². The highest BCUT2D eigenvalue weighted by atomic mass is 32.2. The minimum atomic E-state index is -3.27. The van der Waals surface area contributed by atoms with Gasteiger partial charge in [0.05, 0.1) is 0 Å². The maximum absolute atomic E-state index is 12.2. The second kappa shape index (κ2) is 6.26. The molecule has 23 heavy (non-hydrogen) atoms. The van der Waals surface area contributed by atoms with E-state index in [2.05, 4.69) is 30.1 Å². The number of aryl methyl sites for hydroxylation is 1. The van der Waals surface area contributed by atoms with E-state index in [1.807, 2.05) is 6.07 Å². The summed E-state index contributed by atoms with van der Waals surface area (Å²) < 4.78 is 27.3. The van der Waals surface area contributed by atoms with Crippen molar-refractivity contribution in [3.8, 4) is 0 Å². The minimum Gasteiger partial charge on any atom is -0.358 e. The van der Waals surface area contributed by atoms with Gasteiger partial charge in [-0.15, -0.1) is 0 Å². The molecule has 5 nitrogen and oxygen atoms in total. The molecule has 0 unspecified atom stereocenters. The normalized spacial score (nSPS) is 18.1. The molecular formula is C17H25N3O2S. The average Bonchev–Trinajstić information content (AvgIpc) is 2.84. The van der Waals surface area contributed by atoms with E-state index in [9.17, 15) is 8.42 Å². The molecule has 0 saturated carbocycles. The zero-order valence-electron chi connectivity index (χ0n) is 14.0. The number of hydrogen-bond acceptors (Lipinski definition) is 2. The van der Waals surface area contributed by atoms with Crippen LogP contribution in [0.1, 0.15) is 24.1 Å². The molecule has 1 fully saturated rings. The zero-order valence-corrected chi connectivity index (χ0v) is 14.9. The van der Waals surface area contributed by atoms with Gasteiger partial charge in [0.1, 0.15) is 0 Å². The largest absolute Gasteiger partial charge is 0.358 e. The standard InChI is InChI=1S/C17H25N3O2S/c1-13-16(15-6-4-5-7-17(15)18-13)12-14-8-10-20(11-9-14)23(21,22)19(2)3/h4-7,14,18H,8-12H2,1-3H3. The second-order valence-electron chi connectivity index (χ2n) is 6.61. The summed E-state index contributed by atoms with van der Waals surface area (Å²) in [7, 11) is -0.0798. The summed E-state index contributed by atoms with van der Waals surface area (Å²) in [5, 5.41) is 1.30. The van der Waals surface area contributed by atoms with Crippen molar-refractivity contribution in [3.05, 3.63) is 35.5 Å². The summed E-state index contributed by atoms with van der Waals surface area (Å²) in [5.74, 6) is 0.543. The molecule has 1 aromatic heterocycles. The fourth-order valence-corrected chi connectivity index (χ4v) is 4.60. The minimum absolute atomic E-state index is 0.543. The van der Waals surface area contributed by atoms with Gasteiger partial charge in [-0.3, -0.25) is 0 Å². The Kier molecular flexibility index (Phi) is 4.49. The number of nitrogens with zero attached hydrogens (tertiary/aromatic N) is 2. The first-order valence-electron chi connectivity index (χ1n) is 8.13. The third-order valence-electron chi connectivity index (χ3n) is 4.88. The Morgan fingerprint density at radius 3 is 2.52 bits per heavy atom. The summed E-state index contributed by atoms with van der Waals surface area (Å²) in [4.78, 5) is 3.45. The first-order chi connectivity index (χ1) is 10.9. The van der Waals surface area contributed by atoms with Gasteiger partial charge in [0.2, 0.25) is 0 Å². The molecule has 0 aliphatic carbocycles. The van der Waals surface area contributed by atoms with Crippen LogP contribution in [0.25, 0.3) is 10.9 Å². The SMILES string of the molecule is Cc1[nH]c2ccccc2c1CC1CCN(S(=O)(=O)N(C)C)CC1. The van der Waals surface area contributed by atoms with Crippen molar-refractivity contribution in [2.24, 2.45) is 5.92 Å². The molecule has 2 heterocycles. The van der Waals surface area contributed by atoms with E-state index in [0.717, 1.165) is 19.3 Å². The molecule has 1 aliphatic rings. The van der Waals surface area contributed by atoms with Gasteiger partial charge in [0.25, 0.3) is 10.2 Å². The van der Waals surface area contributed by atoms with Crippen LogP contribution >= 0.6 is 0 Å². The lowest BCUT2D eigenvalue weighted by atomic mass is 9.90. The number of aromatic nitrogens is 1. The lowest BCUT2D eigenvalue weighted by Gasteiger charge is -2.32. The number of rotatable bonds is 4. The van der Waals surface area contributed by atoms with Crippen LogP contribution in [0.5, 0.6) is 0 Å². The molecule has 0 amide bonds. The molecule has 1 aromatic carbocycles. The Labute approximate surface area is 138 Å². The monoisotopic (exact) mass is 335 g/mol. The molecule has 0 radical (unpaired) electrons. The van der Waals surface area contributed by atoms with Gasteiger partial charge >= 0.3 is 0 Å². The van der Waals surface area contributed by atoms with E-state index in [4.69, 9.17) is 0 Å². The molecule has 0 bridgehead atoms. The number of para-hydroxylation sites is 1. The number of fused-ring (bicyclic) bond motifs is 1. The van der Waals surface area contributed by atoms with Gasteiger partial charge in [-0.25, -0.2) is 0 Å². The summed E-state index contributed by atoms with van der Waals surface area (Å²) in [5.41, 5.74) is 3.80. The summed E-state index contributed by atoms with van der Waals surface area (Å²) >= 11 is 0. The first-order valence-corrected chi connectivity index (χ1v) is 9.53.